The van der Waals surface area contributed by atoms with Crippen LogP contribution in [-0.2, 0) is 6.54 Å². The van der Waals surface area contributed by atoms with E-state index in [9.17, 15) is 9.59 Å². The van der Waals surface area contributed by atoms with Gasteiger partial charge >= 0.3 is 6.03 Å². The average molecular weight is 444 g/mol. The maximum atomic E-state index is 12.4. The molecular weight excluding hydrogens is 422 g/mol. The summed E-state index contributed by atoms with van der Waals surface area (Å²) in [6.45, 7) is 2.28. The van der Waals surface area contributed by atoms with E-state index in [1.54, 1.807) is 24.5 Å². The summed E-state index contributed by atoms with van der Waals surface area (Å²) >= 11 is 1.34. The number of nitrogens with one attached hydrogen (secondary N) is 3. The first kappa shape index (κ1) is 21.2. The van der Waals surface area contributed by atoms with Crippen LogP contribution in [0.25, 0.3) is 11.3 Å². The summed E-state index contributed by atoms with van der Waals surface area (Å²) in [6, 6.07) is 18.1. The van der Waals surface area contributed by atoms with Crippen LogP contribution in [0.4, 0.5) is 15.6 Å². The molecule has 0 aliphatic carbocycles. The lowest BCUT2D eigenvalue weighted by molar-refractivity contribution is 0.102. The summed E-state index contributed by atoms with van der Waals surface area (Å²) in [7, 11) is 0. The number of aromatic nitrogens is 2. The molecule has 8 heteroatoms. The van der Waals surface area contributed by atoms with Crippen LogP contribution in [-0.4, -0.2) is 21.9 Å². The van der Waals surface area contributed by atoms with Crippen molar-refractivity contribution in [3.8, 4) is 11.3 Å². The predicted molar refractivity (Wildman–Crippen MR) is 127 cm³/mol. The Bertz CT molecular complexity index is 1220. The second-order valence-electron chi connectivity index (χ2n) is 7.11. The lowest BCUT2D eigenvalue weighted by Gasteiger charge is -2.09. The van der Waals surface area contributed by atoms with Crippen LogP contribution in [0.2, 0.25) is 0 Å². The van der Waals surface area contributed by atoms with Crippen molar-refractivity contribution in [1.82, 2.24) is 15.3 Å². The first-order valence-corrected chi connectivity index (χ1v) is 10.8. The van der Waals surface area contributed by atoms with Gasteiger partial charge in [0.15, 0.2) is 5.13 Å². The van der Waals surface area contributed by atoms with Crippen LogP contribution in [0.5, 0.6) is 0 Å². The van der Waals surface area contributed by atoms with E-state index in [1.165, 1.54) is 11.3 Å². The fourth-order valence-corrected chi connectivity index (χ4v) is 3.68. The molecule has 0 aliphatic heterocycles. The fraction of sp³-hybridized carbons (Fsp3) is 0.0833. The summed E-state index contributed by atoms with van der Waals surface area (Å²) in [6.07, 6.45) is 3.43. The second-order valence-corrected chi connectivity index (χ2v) is 7.97. The van der Waals surface area contributed by atoms with E-state index < -0.39 is 0 Å². The molecule has 32 heavy (non-hydrogen) atoms. The number of benzene rings is 2. The van der Waals surface area contributed by atoms with Crippen molar-refractivity contribution in [1.29, 1.82) is 0 Å². The number of hydrogen-bond donors (Lipinski definition) is 3. The Balaban J connectivity index is 1.31. The van der Waals surface area contributed by atoms with Gasteiger partial charge in [0.25, 0.3) is 5.91 Å². The summed E-state index contributed by atoms with van der Waals surface area (Å²) in [5.41, 5.74) is 4.86. The molecule has 0 spiro atoms. The highest BCUT2D eigenvalue weighted by Crippen LogP contribution is 2.24. The van der Waals surface area contributed by atoms with Gasteiger partial charge < -0.3 is 10.6 Å². The SMILES string of the molecule is Cc1ccc(C(=O)Nc2cccc(CNC(=O)Nc3nc(-c4cccnc4)cs3)c2)cc1. The van der Waals surface area contributed by atoms with Gasteiger partial charge in [0.05, 0.1) is 5.69 Å². The molecule has 0 radical (unpaired) electrons. The molecular formula is C24H21N5O2S. The predicted octanol–water partition coefficient (Wildman–Crippen LogP) is 5.09. The number of hydrogen-bond acceptors (Lipinski definition) is 5. The van der Waals surface area contributed by atoms with Gasteiger partial charge in [0, 0.05) is 41.1 Å². The number of aryl methyl sites for hydroxylation is 1. The molecule has 4 rings (SSSR count). The first-order valence-electron chi connectivity index (χ1n) is 9.94. The van der Waals surface area contributed by atoms with Crippen LogP contribution >= 0.6 is 11.3 Å². The van der Waals surface area contributed by atoms with E-state index in [2.05, 4.69) is 25.9 Å². The van der Waals surface area contributed by atoms with Crippen molar-refractivity contribution in [2.45, 2.75) is 13.5 Å². The van der Waals surface area contributed by atoms with Gasteiger partial charge in [-0.1, -0.05) is 29.8 Å². The third kappa shape index (κ3) is 5.55. The van der Waals surface area contributed by atoms with Gasteiger partial charge in [-0.2, -0.15) is 0 Å². The normalized spacial score (nSPS) is 10.4. The van der Waals surface area contributed by atoms with E-state index >= 15 is 0 Å². The number of anilines is 2. The van der Waals surface area contributed by atoms with Gasteiger partial charge in [-0.05, 0) is 48.9 Å². The molecule has 2 heterocycles. The standard InChI is InChI=1S/C24H21N5O2S/c1-16-7-9-18(10-8-16)22(30)27-20-6-2-4-17(12-20)13-26-23(31)29-24-28-21(15-32-24)19-5-3-11-25-14-19/h2-12,14-15H,13H2,1H3,(H,27,30)(H2,26,28,29,31). The van der Waals surface area contributed by atoms with Crippen LogP contribution in [0, 0.1) is 6.92 Å². The Kier molecular flexibility index (Phi) is 6.52. The minimum Gasteiger partial charge on any atom is -0.334 e. The molecule has 0 saturated heterocycles. The van der Waals surface area contributed by atoms with E-state index in [0.717, 1.165) is 22.4 Å². The molecule has 0 bridgehead atoms. The molecule has 2 aromatic heterocycles. The van der Waals surface area contributed by atoms with Crippen molar-refractivity contribution in [2.75, 3.05) is 10.6 Å². The van der Waals surface area contributed by atoms with Crippen molar-refractivity contribution in [3.05, 3.63) is 95.1 Å². The molecule has 3 N–H and O–H groups in total. The lowest BCUT2D eigenvalue weighted by Crippen LogP contribution is -2.28. The molecule has 0 aliphatic rings. The average Bonchev–Trinajstić information content (AvgIpc) is 3.27. The third-order valence-electron chi connectivity index (χ3n) is 4.63. The molecule has 0 fully saturated rings. The topological polar surface area (TPSA) is 96.0 Å². The Morgan fingerprint density at radius 1 is 1.00 bits per heavy atom. The number of thiazole rings is 1. The van der Waals surface area contributed by atoms with E-state index in [1.807, 2.05) is 60.8 Å². The number of carbonyl (C=O) groups is 2. The Morgan fingerprint density at radius 2 is 1.84 bits per heavy atom. The summed E-state index contributed by atoms with van der Waals surface area (Å²) < 4.78 is 0. The van der Waals surface area contributed by atoms with Crippen molar-refractivity contribution in [2.24, 2.45) is 0 Å². The maximum absolute atomic E-state index is 12.4. The summed E-state index contributed by atoms with van der Waals surface area (Å²) in [5, 5.41) is 10.8. The molecule has 2 aromatic carbocycles. The van der Waals surface area contributed by atoms with Crippen LogP contribution in [0.15, 0.2) is 78.4 Å². The van der Waals surface area contributed by atoms with Crippen molar-refractivity contribution < 1.29 is 9.59 Å². The Labute approximate surface area is 189 Å². The number of urea groups is 1. The van der Waals surface area contributed by atoms with Gasteiger partial charge in [0.2, 0.25) is 0 Å². The zero-order valence-electron chi connectivity index (χ0n) is 17.3. The minimum absolute atomic E-state index is 0.180. The van der Waals surface area contributed by atoms with Gasteiger partial charge in [0.1, 0.15) is 0 Å². The third-order valence-corrected chi connectivity index (χ3v) is 5.39. The van der Waals surface area contributed by atoms with Crippen LogP contribution in [0.1, 0.15) is 21.5 Å². The largest absolute Gasteiger partial charge is 0.334 e. The quantitative estimate of drug-likeness (QED) is 0.387. The lowest BCUT2D eigenvalue weighted by atomic mass is 10.1. The number of rotatable bonds is 6. The van der Waals surface area contributed by atoms with Gasteiger partial charge in [-0.25, -0.2) is 9.78 Å². The molecule has 3 amide bonds. The highest BCUT2D eigenvalue weighted by molar-refractivity contribution is 7.14. The van der Waals surface area contributed by atoms with Crippen molar-refractivity contribution >= 4 is 34.1 Å². The molecule has 160 valence electrons. The van der Waals surface area contributed by atoms with E-state index in [4.69, 9.17) is 0 Å². The van der Waals surface area contributed by atoms with Gasteiger partial charge in [-0.15, -0.1) is 11.3 Å². The van der Waals surface area contributed by atoms with Crippen LogP contribution in [0.3, 0.4) is 0 Å². The van der Waals surface area contributed by atoms with Crippen LogP contribution < -0.4 is 16.0 Å². The summed E-state index contributed by atoms with van der Waals surface area (Å²) in [4.78, 5) is 33.2. The molecule has 0 unspecified atom stereocenters. The van der Waals surface area contributed by atoms with Gasteiger partial charge in [-0.3, -0.25) is 15.1 Å². The maximum Gasteiger partial charge on any atom is 0.321 e. The second kappa shape index (κ2) is 9.84. The van der Waals surface area contributed by atoms with E-state index in [-0.39, 0.29) is 11.9 Å². The Morgan fingerprint density at radius 3 is 2.62 bits per heavy atom. The minimum atomic E-state index is -0.355. The summed E-state index contributed by atoms with van der Waals surface area (Å²) in [5.74, 6) is -0.180. The molecule has 0 atom stereocenters. The number of pyridine rings is 1. The van der Waals surface area contributed by atoms with E-state index in [0.29, 0.717) is 22.9 Å². The smallest absolute Gasteiger partial charge is 0.321 e. The first-order chi connectivity index (χ1) is 15.6. The molecule has 4 aromatic rings. The number of nitrogens with zero attached hydrogens (tertiary/aromatic N) is 2. The van der Waals surface area contributed by atoms with Crippen molar-refractivity contribution in [3.63, 3.8) is 0 Å². The zero-order chi connectivity index (χ0) is 22.3. The monoisotopic (exact) mass is 443 g/mol. The highest BCUT2D eigenvalue weighted by Gasteiger charge is 2.09. The fourth-order valence-electron chi connectivity index (χ4n) is 2.97. The molecule has 0 saturated carbocycles. The highest BCUT2D eigenvalue weighted by atomic mass is 32.1. The zero-order valence-corrected chi connectivity index (χ0v) is 18.1. The number of carbonyl (C=O) groups excluding carboxylic acids is 2. The number of amides is 3. The molecule has 7 nitrogen and oxygen atoms in total. The Hall–Kier alpha value is -4.04.